The van der Waals surface area contributed by atoms with Gasteiger partial charge in [0.1, 0.15) is 6.54 Å². The molecule has 12 heavy (non-hydrogen) atoms. The van der Waals surface area contributed by atoms with Crippen LogP contribution in [0.2, 0.25) is 0 Å². The number of carbonyl (C=O) groups is 1. The number of hydrogen-bond donors (Lipinski definition) is 0. The van der Waals surface area contributed by atoms with Crippen molar-refractivity contribution in [3.05, 3.63) is 18.0 Å². The Morgan fingerprint density at radius 1 is 1.83 bits per heavy atom. The van der Waals surface area contributed by atoms with Gasteiger partial charge in [0.2, 0.25) is 0 Å². The maximum absolute atomic E-state index is 11.0. The first-order valence-corrected chi connectivity index (χ1v) is 3.79. The molecule has 0 aliphatic rings. The predicted octanol–water partition coefficient (Wildman–Crippen LogP) is 0.555. The van der Waals surface area contributed by atoms with E-state index in [4.69, 9.17) is 4.74 Å². The summed E-state index contributed by atoms with van der Waals surface area (Å²) in [6.07, 6.45) is 1.54. The molecule has 0 aliphatic carbocycles. The third kappa shape index (κ3) is 2.08. The Hall–Kier alpha value is -1.32. The molecule has 0 aromatic carbocycles. The molecule has 65 valence electrons. The van der Waals surface area contributed by atoms with E-state index in [1.165, 1.54) is 6.20 Å². The molecular weight excluding hydrogens is 156 g/mol. The third-order valence-electron chi connectivity index (χ3n) is 1.44. The molecule has 0 N–H and O–H groups in total. The topological polar surface area (TPSA) is 44.1 Å². The largest absolute Gasteiger partial charge is 0.465 e. The van der Waals surface area contributed by atoms with E-state index in [0.29, 0.717) is 6.61 Å². The van der Waals surface area contributed by atoms with Crippen LogP contribution in [0.4, 0.5) is 0 Å². The zero-order valence-electron chi connectivity index (χ0n) is 7.20. The van der Waals surface area contributed by atoms with Crippen molar-refractivity contribution in [3.8, 4) is 0 Å². The third-order valence-corrected chi connectivity index (χ3v) is 1.44. The van der Waals surface area contributed by atoms with Gasteiger partial charge in [-0.1, -0.05) is 0 Å². The van der Waals surface area contributed by atoms with Gasteiger partial charge >= 0.3 is 5.97 Å². The second-order valence-electron chi connectivity index (χ2n) is 2.34. The summed E-state index contributed by atoms with van der Waals surface area (Å²) in [6, 6.07) is 2.86. The number of ether oxygens (including phenoxy) is 1. The van der Waals surface area contributed by atoms with E-state index in [9.17, 15) is 4.79 Å². The highest BCUT2D eigenvalue weighted by Crippen LogP contribution is 1.94. The van der Waals surface area contributed by atoms with Crippen LogP contribution in [0.1, 0.15) is 12.6 Å². The molecule has 4 heteroatoms. The van der Waals surface area contributed by atoms with Gasteiger partial charge in [0.05, 0.1) is 12.8 Å². The Bertz CT molecular complexity index is 268. The van der Waals surface area contributed by atoms with Crippen LogP contribution in [0.15, 0.2) is 6.20 Å². The Morgan fingerprint density at radius 2 is 2.58 bits per heavy atom. The minimum atomic E-state index is -0.266. The zero-order valence-corrected chi connectivity index (χ0v) is 7.20. The average molecular weight is 167 g/mol. The monoisotopic (exact) mass is 167 g/mol. The van der Waals surface area contributed by atoms with Crippen LogP contribution in [0.3, 0.4) is 0 Å². The van der Waals surface area contributed by atoms with Crippen molar-refractivity contribution in [1.82, 2.24) is 9.78 Å². The first kappa shape index (κ1) is 8.77. The van der Waals surface area contributed by atoms with E-state index in [1.54, 1.807) is 11.6 Å². The molecule has 0 unspecified atom stereocenters. The standard InChI is InChI=1S/C8H11N2O2/c1-3-12-8(11)6-10-7(2)4-5-9-10/h5H,3,6H2,1-2H3. The fraction of sp³-hybridized carbons (Fsp3) is 0.500. The zero-order chi connectivity index (χ0) is 8.97. The highest BCUT2D eigenvalue weighted by Gasteiger charge is 2.04. The van der Waals surface area contributed by atoms with Gasteiger partial charge < -0.3 is 4.74 Å². The highest BCUT2D eigenvalue weighted by molar-refractivity contribution is 5.69. The van der Waals surface area contributed by atoms with Gasteiger partial charge in [0, 0.05) is 11.8 Å². The molecule has 0 spiro atoms. The summed E-state index contributed by atoms with van der Waals surface area (Å²) < 4.78 is 6.31. The Morgan fingerprint density at radius 3 is 3.08 bits per heavy atom. The van der Waals surface area contributed by atoms with Gasteiger partial charge in [-0.3, -0.25) is 9.48 Å². The minimum Gasteiger partial charge on any atom is -0.465 e. The SMILES string of the molecule is CCOC(=O)Cn1nc[c]c1C. The Balaban J connectivity index is 2.52. The van der Waals surface area contributed by atoms with Gasteiger partial charge in [-0.2, -0.15) is 5.10 Å². The lowest BCUT2D eigenvalue weighted by Crippen LogP contribution is -2.15. The lowest BCUT2D eigenvalue weighted by molar-refractivity contribution is -0.144. The molecule has 0 atom stereocenters. The van der Waals surface area contributed by atoms with Gasteiger partial charge in [0.15, 0.2) is 0 Å². The van der Waals surface area contributed by atoms with Crippen LogP contribution in [-0.2, 0) is 16.1 Å². The van der Waals surface area contributed by atoms with Gasteiger partial charge in [-0.15, -0.1) is 0 Å². The molecule has 1 aromatic rings. The molecule has 1 aromatic heterocycles. The van der Waals surface area contributed by atoms with Crippen LogP contribution in [0.5, 0.6) is 0 Å². The van der Waals surface area contributed by atoms with E-state index < -0.39 is 0 Å². The molecule has 0 saturated heterocycles. The van der Waals surface area contributed by atoms with Crippen molar-refractivity contribution < 1.29 is 9.53 Å². The molecule has 0 amide bonds. The van der Waals surface area contributed by atoms with Gasteiger partial charge in [-0.25, -0.2) is 0 Å². The molecule has 0 saturated carbocycles. The second-order valence-corrected chi connectivity index (χ2v) is 2.34. The van der Waals surface area contributed by atoms with E-state index in [-0.39, 0.29) is 12.5 Å². The predicted molar refractivity (Wildman–Crippen MR) is 42.4 cm³/mol. The van der Waals surface area contributed by atoms with E-state index in [0.717, 1.165) is 5.69 Å². The molecule has 1 heterocycles. The summed E-state index contributed by atoms with van der Waals surface area (Å²) in [5.74, 6) is -0.266. The van der Waals surface area contributed by atoms with Crippen molar-refractivity contribution in [2.24, 2.45) is 0 Å². The van der Waals surface area contributed by atoms with E-state index in [1.807, 2.05) is 6.92 Å². The number of esters is 1. The lowest BCUT2D eigenvalue weighted by Gasteiger charge is -2.02. The summed E-state index contributed by atoms with van der Waals surface area (Å²) in [6.45, 7) is 4.19. The Labute approximate surface area is 71.1 Å². The normalized spacial score (nSPS) is 9.83. The summed E-state index contributed by atoms with van der Waals surface area (Å²) >= 11 is 0. The average Bonchev–Trinajstić information content (AvgIpc) is 2.37. The molecule has 1 rings (SSSR count). The quantitative estimate of drug-likeness (QED) is 0.618. The second kappa shape index (κ2) is 3.90. The van der Waals surface area contributed by atoms with Crippen LogP contribution < -0.4 is 0 Å². The van der Waals surface area contributed by atoms with Gasteiger partial charge in [0.25, 0.3) is 0 Å². The van der Waals surface area contributed by atoms with Crippen molar-refractivity contribution in [2.45, 2.75) is 20.4 Å². The molecule has 4 nitrogen and oxygen atoms in total. The minimum absolute atomic E-state index is 0.170. The summed E-state index contributed by atoms with van der Waals surface area (Å²) in [4.78, 5) is 11.0. The number of nitrogens with zero attached hydrogens (tertiary/aromatic N) is 2. The molecule has 1 radical (unpaired) electrons. The number of aromatic nitrogens is 2. The number of carbonyl (C=O) groups excluding carboxylic acids is 1. The van der Waals surface area contributed by atoms with Crippen LogP contribution in [-0.4, -0.2) is 22.4 Å². The van der Waals surface area contributed by atoms with Crippen molar-refractivity contribution in [3.63, 3.8) is 0 Å². The highest BCUT2D eigenvalue weighted by atomic mass is 16.5. The number of aryl methyl sites for hydroxylation is 1. The number of rotatable bonds is 3. The fourth-order valence-corrected chi connectivity index (χ4v) is 0.841. The molecule has 0 aliphatic heterocycles. The van der Waals surface area contributed by atoms with Crippen molar-refractivity contribution >= 4 is 5.97 Å². The maximum atomic E-state index is 11.0. The van der Waals surface area contributed by atoms with E-state index >= 15 is 0 Å². The first-order valence-electron chi connectivity index (χ1n) is 3.79. The van der Waals surface area contributed by atoms with Gasteiger partial charge in [-0.05, 0) is 13.8 Å². The summed E-state index contributed by atoms with van der Waals surface area (Å²) in [5, 5.41) is 3.90. The molecular formula is C8H11N2O2. The fourth-order valence-electron chi connectivity index (χ4n) is 0.841. The first-order chi connectivity index (χ1) is 5.74. The summed E-state index contributed by atoms with van der Waals surface area (Å²) in [5.41, 5.74) is 0.836. The molecule has 0 fully saturated rings. The smallest absolute Gasteiger partial charge is 0.327 e. The van der Waals surface area contributed by atoms with Crippen molar-refractivity contribution in [2.75, 3.05) is 6.61 Å². The lowest BCUT2D eigenvalue weighted by atomic mass is 10.5. The van der Waals surface area contributed by atoms with E-state index in [2.05, 4.69) is 11.2 Å². The maximum Gasteiger partial charge on any atom is 0.327 e. The van der Waals surface area contributed by atoms with Crippen LogP contribution in [0.25, 0.3) is 0 Å². The summed E-state index contributed by atoms with van der Waals surface area (Å²) in [7, 11) is 0. The molecule has 0 bridgehead atoms. The van der Waals surface area contributed by atoms with Crippen LogP contribution in [0, 0.1) is 13.0 Å². The number of hydrogen-bond acceptors (Lipinski definition) is 3. The Kier molecular flexibility index (Phi) is 2.85. The van der Waals surface area contributed by atoms with Crippen molar-refractivity contribution in [1.29, 1.82) is 0 Å². The van der Waals surface area contributed by atoms with Crippen LogP contribution >= 0.6 is 0 Å².